The molecule has 2 aromatic heterocycles. The molecule has 4 rings (SSSR count). The van der Waals surface area contributed by atoms with Crippen LogP contribution in [0.15, 0.2) is 57.5 Å². The van der Waals surface area contributed by atoms with E-state index in [1.807, 2.05) is 17.7 Å². The third-order valence-corrected chi connectivity index (χ3v) is 5.18. The first-order valence-corrected chi connectivity index (χ1v) is 9.74. The Balaban J connectivity index is 1.57. The zero-order valence-corrected chi connectivity index (χ0v) is 17.1. The topological polar surface area (TPSA) is 56.7 Å². The van der Waals surface area contributed by atoms with E-state index in [0.717, 1.165) is 12.1 Å². The van der Waals surface area contributed by atoms with Crippen LogP contribution < -0.4 is 0 Å². The first kappa shape index (κ1) is 18.6. The summed E-state index contributed by atoms with van der Waals surface area (Å²) < 4.78 is 21.1. The van der Waals surface area contributed by atoms with E-state index < -0.39 is 0 Å². The average Bonchev–Trinajstić information content (AvgIpc) is 3.32. The van der Waals surface area contributed by atoms with Crippen LogP contribution in [0.3, 0.4) is 0 Å². The van der Waals surface area contributed by atoms with Crippen LogP contribution >= 0.6 is 15.9 Å². The van der Waals surface area contributed by atoms with Gasteiger partial charge in [-0.05, 0) is 64.7 Å². The Morgan fingerprint density at radius 3 is 2.54 bits per heavy atom. The Morgan fingerprint density at radius 2 is 1.82 bits per heavy atom. The van der Waals surface area contributed by atoms with Crippen molar-refractivity contribution < 1.29 is 8.91 Å². The maximum Gasteiger partial charge on any atom is 0.278 e. The molecular formula is C21H18BrFN4O. The predicted molar refractivity (Wildman–Crippen MR) is 108 cm³/mol. The number of aryl methyl sites for hydroxylation is 2. The van der Waals surface area contributed by atoms with Gasteiger partial charge in [-0.2, -0.15) is 10.1 Å². The monoisotopic (exact) mass is 440 g/mol. The van der Waals surface area contributed by atoms with Crippen LogP contribution in [0.5, 0.6) is 0 Å². The highest BCUT2D eigenvalue weighted by molar-refractivity contribution is 9.10. The van der Waals surface area contributed by atoms with Gasteiger partial charge in [-0.1, -0.05) is 36.3 Å². The third kappa shape index (κ3) is 3.75. The molecule has 0 amide bonds. The molecule has 0 saturated carbocycles. The van der Waals surface area contributed by atoms with Crippen LogP contribution in [-0.2, 0) is 13.0 Å². The quantitative estimate of drug-likeness (QED) is 0.415. The number of hydrogen-bond donors (Lipinski definition) is 0. The smallest absolute Gasteiger partial charge is 0.278 e. The van der Waals surface area contributed by atoms with E-state index in [2.05, 4.69) is 62.4 Å². The Labute approximate surface area is 170 Å². The van der Waals surface area contributed by atoms with Gasteiger partial charge in [0.05, 0.1) is 11.0 Å². The van der Waals surface area contributed by atoms with Crippen LogP contribution in [0.1, 0.15) is 23.7 Å². The van der Waals surface area contributed by atoms with Crippen molar-refractivity contribution in [3.05, 3.63) is 75.6 Å². The summed E-state index contributed by atoms with van der Waals surface area (Å²) in [5, 5.41) is 8.60. The van der Waals surface area contributed by atoms with Gasteiger partial charge >= 0.3 is 0 Å². The van der Waals surface area contributed by atoms with E-state index >= 15 is 0 Å². The van der Waals surface area contributed by atoms with Crippen molar-refractivity contribution in [2.24, 2.45) is 0 Å². The van der Waals surface area contributed by atoms with E-state index in [4.69, 9.17) is 4.52 Å². The Hall–Kier alpha value is -2.80. The summed E-state index contributed by atoms with van der Waals surface area (Å²) in [6, 6.07) is 15.0. The lowest BCUT2D eigenvalue weighted by atomic mass is 10.1. The number of aromatic nitrogens is 4. The van der Waals surface area contributed by atoms with E-state index in [1.54, 1.807) is 12.1 Å². The average molecular weight is 441 g/mol. The molecule has 2 aromatic carbocycles. The first-order chi connectivity index (χ1) is 13.5. The van der Waals surface area contributed by atoms with Crippen molar-refractivity contribution >= 4 is 15.9 Å². The highest BCUT2D eigenvalue weighted by Crippen LogP contribution is 2.26. The highest BCUT2D eigenvalue weighted by Gasteiger charge is 2.16. The van der Waals surface area contributed by atoms with Crippen LogP contribution in [0.4, 0.5) is 4.39 Å². The molecule has 0 spiro atoms. The Kier molecular flexibility index (Phi) is 5.09. The molecule has 0 N–H and O–H groups in total. The van der Waals surface area contributed by atoms with Gasteiger partial charge in [-0.15, -0.1) is 0 Å². The van der Waals surface area contributed by atoms with Crippen molar-refractivity contribution in [2.75, 3.05) is 0 Å². The molecular weight excluding hydrogens is 423 g/mol. The van der Waals surface area contributed by atoms with Crippen molar-refractivity contribution in [3.63, 3.8) is 0 Å². The van der Waals surface area contributed by atoms with Gasteiger partial charge in [0.1, 0.15) is 5.82 Å². The minimum Gasteiger partial charge on any atom is -0.332 e. The molecule has 0 atom stereocenters. The summed E-state index contributed by atoms with van der Waals surface area (Å²) in [7, 11) is 0. The molecule has 0 bridgehead atoms. The molecule has 142 valence electrons. The lowest BCUT2D eigenvalue weighted by Gasteiger charge is -2.05. The van der Waals surface area contributed by atoms with Gasteiger partial charge in [0.15, 0.2) is 5.69 Å². The van der Waals surface area contributed by atoms with Gasteiger partial charge in [0, 0.05) is 11.3 Å². The molecule has 0 saturated heterocycles. The van der Waals surface area contributed by atoms with Crippen molar-refractivity contribution in [3.8, 4) is 23.0 Å². The molecule has 0 aliphatic heterocycles. The molecule has 5 nitrogen and oxygen atoms in total. The van der Waals surface area contributed by atoms with Crippen LogP contribution in [0.25, 0.3) is 23.0 Å². The number of hydrogen-bond acceptors (Lipinski definition) is 4. The fourth-order valence-corrected chi connectivity index (χ4v) is 3.29. The number of halogens is 2. The molecule has 0 fully saturated rings. The Bertz CT molecular complexity index is 1120. The predicted octanol–water partition coefficient (Wildman–Crippen LogP) is 5.42. The normalized spacial score (nSPS) is 11.1. The van der Waals surface area contributed by atoms with Crippen LogP contribution in [-0.4, -0.2) is 19.9 Å². The summed E-state index contributed by atoms with van der Waals surface area (Å²) in [6.45, 7) is 4.80. The van der Waals surface area contributed by atoms with Gasteiger partial charge < -0.3 is 4.52 Å². The Morgan fingerprint density at radius 1 is 1.07 bits per heavy atom. The third-order valence-electron chi connectivity index (χ3n) is 4.57. The first-order valence-electron chi connectivity index (χ1n) is 8.95. The lowest BCUT2D eigenvalue weighted by molar-refractivity contribution is 0.430. The second-order valence-corrected chi connectivity index (χ2v) is 7.41. The maximum absolute atomic E-state index is 13.4. The minimum atomic E-state index is -0.339. The molecule has 7 heteroatoms. The largest absolute Gasteiger partial charge is 0.332 e. The fraction of sp³-hybridized carbons (Fsp3) is 0.190. The van der Waals surface area contributed by atoms with Crippen molar-refractivity contribution in [2.45, 2.75) is 26.8 Å². The van der Waals surface area contributed by atoms with Crippen molar-refractivity contribution in [1.82, 2.24) is 19.9 Å². The van der Waals surface area contributed by atoms with Crippen LogP contribution in [0.2, 0.25) is 0 Å². The molecule has 4 aromatic rings. The fourth-order valence-electron chi connectivity index (χ4n) is 2.91. The number of rotatable bonds is 5. The van der Waals surface area contributed by atoms with Gasteiger partial charge in [-0.25, -0.2) is 4.39 Å². The molecule has 0 aliphatic carbocycles. The summed E-state index contributed by atoms with van der Waals surface area (Å²) in [5.41, 5.74) is 4.77. The second kappa shape index (κ2) is 7.67. The highest BCUT2D eigenvalue weighted by atomic mass is 79.9. The molecule has 28 heavy (non-hydrogen) atoms. The maximum atomic E-state index is 13.4. The summed E-state index contributed by atoms with van der Waals surface area (Å²) in [6.07, 6.45) is 1.02. The number of nitrogens with zero attached hydrogens (tertiary/aromatic N) is 4. The van der Waals surface area contributed by atoms with Gasteiger partial charge in [-0.3, -0.25) is 4.68 Å². The standard InChI is InChI=1S/C21H18BrFN4O/c1-3-14-4-6-15(7-5-14)12-27-13(2)10-19(25-27)21-24-20(26-28-21)16-8-9-18(23)17(22)11-16/h4-11H,3,12H2,1-2H3. The molecule has 0 aliphatic rings. The van der Waals surface area contributed by atoms with Gasteiger partial charge in [0.25, 0.3) is 5.89 Å². The lowest BCUT2D eigenvalue weighted by Crippen LogP contribution is -2.03. The zero-order valence-electron chi connectivity index (χ0n) is 15.5. The second-order valence-electron chi connectivity index (χ2n) is 6.55. The SMILES string of the molecule is CCc1ccc(Cn2nc(-c3nc(-c4ccc(F)c(Br)c4)no3)cc2C)cc1. The molecule has 0 unspecified atom stereocenters. The number of benzene rings is 2. The van der Waals surface area contributed by atoms with E-state index in [1.165, 1.54) is 17.2 Å². The summed E-state index contributed by atoms with van der Waals surface area (Å²) in [5.74, 6) is 0.380. The molecule has 2 heterocycles. The minimum absolute atomic E-state index is 0.332. The van der Waals surface area contributed by atoms with Gasteiger partial charge in [0.2, 0.25) is 5.82 Å². The molecule has 0 radical (unpaired) electrons. The summed E-state index contributed by atoms with van der Waals surface area (Å²) in [4.78, 5) is 4.41. The van der Waals surface area contributed by atoms with Crippen molar-refractivity contribution in [1.29, 1.82) is 0 Å². The summed E-state index contributed by atoms with van der Waals surface area (Å²) >= 11 is 3.17. The van der Waals surface area contributed by atoms with E-state index in [-0.39, 0.29) is 5.82 Å². The van der Waals surface area contributed by atoms with E-state index in [0.29, 0.717) is 34.0 Å². The van der Waals surface area contributed by atoms with Crippen LogP contribution in [0, 0.1) is 12.7 Å². The zero-order chi connectivity index (χ0) is 19.7. The van der Waals surface area contributed by atoms with E-state index in [9.17, 15) is 4.39 Å².